The quantitative estimate of drug-likeness (QED) is 0.728. The normalized spacial score (nSPS) is 17.8. The fraction of sp³-hybridized carbons (Fsp3) is 0.333. The number of aryl methyl sites for hydroxylation is 1. The van der Waals surface area contributed by atoms with Crippen LogP contribution in [0.3, 0.4) is 0 Å². The lowest BCUT2D eigenvalue weighted by atomic mass is 10.1. The predicted molar refractivity (Wildman–Crippen MR) is 91.8 cm³/mol. The molecule has 1 aliphatic rings. The SMILES string of the molecule is Cc1cc(C2CN(C(=O)Cn3nnc4ccccc43)CCO2)ccn1. The van der Waals surface area contributed by atoms with Crippen molar-refractivity contribution in [2.45, 2.75) is 19.6 Å². The van der Waals surface area contributed by atoms with Crippen LogP contribution in [-0.2, 0) is 16.1 Å². The summed E-state index contributed by atoms with van der Waals surface area (Å²) < 4.78 is 7.50. The fourth-order valence-corrected chi connectivity index (χ4v) is 3.11. The number of nitrogens with zero attached hydrogens (tertiary/aromatic N) is 5. The fourth-order valence-electron chi connectivity index (χ4n) is 3.11. The van der Waals surface area contributed by atoms with Crippen LogP contribution in [-0.4, -0.2) is 50.5 Å². The maximum absolute atomic E-state index is 12.7. The van der Waals surface area contributed by atoms with Crippen molar-refractivity contribution in [3.8, 4) is 0 Å². The smallest absolute Gasteiger partial charge is 0.244 e. The van der Waals surface area contributed by atoms with Crippen LogP contribution < -0.4 is 0 Å². The van der Waals surface area contributed by atoms with Crippen LogP contribution in [0.25, 0.3) is 11.0 Å². The third-order valence-corrected chi connectivity index (χ3v) is 4.42. The number of amides is 1. The molecule has 0 aliphatic carbocycles. The summed E-state index contributed by atoms with van der Waals surface area (Å²) in [6.45, 7) is 3.78. The van der Waals surface area contributed by atoms with Crippen LogP contribution >= 0.6 is 0 Å². The van der Waals surface area contributed by atoms with E-state index in [2.05, 4.69) is 15.3 Å². The molecule has 1 fully saturated rings. The minimum absolute atomic E-state index is 0.0229. The van der Waals surface area contributed by atoms with E-state index in [0.29, 0.717) is 19.7 Å². The van der Waals surface area contributed by atoms with Gasteiger partial charge in [-0.1, -0.05) is 17.3 Å². The van der Waals surface area contributed by atoms with E-state index < -0.39 is 0 Å². The number of carbonyl (C=O) groups excluding carboxylic acids is 1. The number of morpholine rings is 1. The molecule has 7 nitrogen and oxygen atoms in total. The molecule has 1 unspecified atom stereocenters. The van der Waals surface area contributed by atoms with Gasteiger partial charge in [0.25, 0.3) is 0 Å². The van der Waals surface area contributed by atoms with E-state index in [1.807, 2.05) is 48.2 Å². The van der Waals surface area contributed by atoms with Gasteiger partial charge in [-0.25, -0.2) is 4.68 Å². The average molecular weight is 337 g/mol. The van der Waals surface area contributed by atoms with Gasteiger partial charge in [-0.3, -0.25) is 9.78 Å². The highest BCUT2D eigenvalue weighted by Crippen LogP contribution is 2.22. The molecule has 4 rings (SSSR count). The molecule has 1 amide bonds. The first-order valence-electron chi connectivity index (χ1n) is 8.31. The number of pyridine rings is 1. The van der Waals surface area contributed by atoms with Gasteiger partial charge in [-0.2, -0.15) is 0 Å². The van der Waals surface area contributed by atoms with E-state index in [1.54, 1.807) is 10.9 Å². The first-order chi connectivity index (χ1) is 12.2. The number of hydrogen-bond donors (Lipinski definition) is 0. The second-order valence-electron chi connectivity index (χ2n) is 6.17. The van der Waals surface area contributed by atoms with Crippen LogP contribution in [0, 0.1) is 6.92 Å². The zero-order chi connectivity index (χ0) is 17.2. The lowest BCUT2D eigenvalue weighted by molar-refractivity contribution is -0.139. The minimum Gasteiger partial charge on any atom is -0.370 e. The number of hydrogen-bond acceptors (Lipinski definition) is 5. The lowest BCUT2D eigenvalue weighted by Crippen LogP contribution is -2.43. The molecule has 1 saturated heterocycles. The summed E-state index contributed by atoms with van der Waals surface area (Å²) in [6, 6.07) is 11.6. The maximum Gasteiger partial charge on any atom is 0.244 e. The molecule has 0 radical (unpaired) electrons. The predicted octanol–water partition coefficient (Wildman–Crippen LogP) is 1.73. The molecule has 3 heterocycles. The monoisotopic (exact) mass is 337 g/mol. The van der Waals surface area contributed by atoms with Crippen LogP contribution in [0.5, 0.6) is 0 Å². The summed E-state index contributed by atoms with van der Waals surface area (Å²) in [5, 5.41) is 8.20. The number of fused-ring (bicyclic) bond motifs is 1. The Bertz CT molecular complexity index is 907. The number of carbonyl (C=O) groups is 1. The van der Waals surface area contributed by atoms with Gasteiger partial charge in [0.05, 0.1) is 18.7 Å². The Balaban J connectivity index is 1.48. The molecule has 1 aromatic carbocycles. The molecule has 0 saturated carbocycles. The topological polar surface area (TPSA) is 73.1 Å². The van der Waals surface area contributed by atoms with Gasteiger partial charge < -0.3 is 9.64 Å². The van der Waals surface area contributed by atoms with Gasteiger partial charge >= 0.3 is 0 Å². The minimum atomic E-state index is -0.119. The Morgan fingerprint density at radius 1 is 1.32 bits per heavy atom. The molecule has 0 bridgehead atoms. The molecule has 2 aromatic heterocycles. The number of benzene rings is 1. The van der Waals surface area contributed by atoms with Crippen LogP contribution in [0.4, 0.5) is 0 Å². The molecule has 1 atom stereocenters. The second kappa shape index (κ2) is 6.60. The Morgan fingerprint density at radius 2 is 2.20 bits per heavy atom. The Morgan fingerprint density at radius 3 is 3.08 bits per heavy atom. The first-order valence-corrected chi connectivity index (χ1v) is 8.31. The van der Waals surface area contributed by atoms with Crippen molar-refractivity contribution in [2.24, 2.45) is 0 Å². The van der Waals surface area contributed by atoms with Crippen molar-refractivity contribution in [3.63, 3.8) is 0 Å². The average Bonchev–Trinajstić information content (AvgIpc) is 3.05. The molecular weight excluding hydrogens is 318 g/mol. The number of aromatic nitrogens is 4. The van der Waals surface area contributed by atoms with Crippen LogP contribution in [0.15, 0.2) is 42.6 Å². The summed E-state index contributed by atoms with van der Waals surface area (Å²) in [7, 11) is 0. The van der Waals surface area contributed by atoms with E-state index >= 15 is 0 Å². The van der Waals surface area contributed by atoms with Crippen molar-refractivity contribution >= 4 is 16.9 Å². The van der Waals surface area contributed by atoms with Crippen molar-refractivity contribution in [1.82, 2.24) is 24.9 Å². The number of rotatable bonds is 3. The molecule has 0 N–H and O–H groups in total. The number of ether oxygens (including phenoxy) is 1. The summed E-state index contributed by atoms with van der Waals surface area (Å²) in [6.07, 6.45) is 1.66. The number of para-hydroxylation sites is 1. The van der Waals surface area contributed by atoms with Crippen molar-refractivity contribution in [2.75, 3.05) is 19.7 Å². The van der Waals surface area contributed by atoms with Crippen molar-refractivity contribution < 1.29 is 9.53 Å². The highest BCUT2D eigenvalue weighted by molar-refractivity contribution is 5.79. The van der Waals surface area contributed by atoms with Gasteiger partial charge in [0, 0.05) is 18.4 Å². The van der Waals surface area contributed by atoms with Gasteiger partial charge in [0.15, 0.2) is 0 Å². The van der Waals surface area contributed by atoms with Gasteiger partial charge in [-0.15, -0.1) is 5.10 Å². The summed E-state index contributed by atoms with van der Waals surface area (Å²) in [4.78, 5) is 18.8. The zero-order valence-electron chi connectivity index (χ0n) is 14.0. The van der Waals surface area contributed by atoms with Crippen molar-refractivity contribution in [1.29, 1.82) is 0 Å². The Hall–Kier alpha value is -2.80. The van der Waals surface area contributed by atoms with Crippen LogP contribution in [0.2, 0.25) is 0 Å². The van der Waals surface area contributed by atoms with Crippen LogP contribution in [0.1, 0.15) is 17.4 Å². The largest absolute Gasteiger partial charge is 0.370 e. The third-order valence-electron chi connectivity index (χ3n) is 4.42. The molecule has 7 heteroatoms. The van der Waals surface area contributed by atoms with E-state index in [0.717, 1.165) is 22.3 Å². The summed E-state index contributed by atoms with van der Waals surface area (Å²) in [5.41, 5.74) is 3.66. The lowest BCUT2D eigenvalue weighted by Gasteiger charge is -2.33. The highest BCUT2D eigenvalue weighted by atomic mass is 16.5. The molecule has 3 aromatic rings. The van der Waals surface area contributed by atoms with Gasteiger partial charge in [-0.05, 0) is 36.8 Å². The maximum atomic E-state index is 12.7. The van der Waals surface area contributed by atoms with E-state index in [-0.39, 0.29) is 18.6 Å². The second-order valence-corrected chi connectivity index (χ2v) is 6.17. The molecule has 25 heavy (non-hydrogen) atoms. The standard InChI is InChI=1S/C18H19N5O2/c1-13-10-14(6-7-19-13)17-11-22(8-9-25-17)18(24)12-23-16-5-3-2-4-15(16)20-21-23/h2-7,10,17H,8-9,11-12H2,1H3. The van der Waals surface area contributed by atoms with Crippen molar-refractivity contribution in [3.05, 3.63) is 53.9 Å². The third kappa shape index (κ3) is 3.23. The van der Waals surface area contributed by atoms with Gasteiger partial charge in [0.1, 0.15) is 18.2 Å². The highest BCUT2D eigenvalue weighted by Gasteiger charge is 2.26. The molecule has 128 valence electrons. The molecule has 0 spiro atoms. The van der Waals surface area contributed by atoms with E-state index in [4.69, 9.17) is 4.74 Å². The first kappa shape index (κ1) is 15.7. The summed E-state index contributed by atoms with van der Waals surface area (Å²) >= 11 is 0. The van der Waals surface area contributed by atoms with Gasteiger partial charge in [0.2, 0.25) is 5.91 Å². The van der Waals surface area contributed by atoms with E-state index in [1.165, 1.54) is 0 Å². The van der Waals surface area contributed by atoms with E-state index in [9.17, 15) is 4.79 Å². The molecule has 1 aliphatic heterocycles. The Kier molecular flexibility index (Phi) is 4.15. The zero-order valence-corrected chi connectivity index (χ0v) is 14.0. The summed E-state index contributed by atoms with van der Waals surface area (Å²) in [5.74, 6) is 0.0229. The molecular formula is C18H19N5O2. The Labute approximate surface area is 145 Å².